The zero-order valence-corrected chi connectivity index (χ0v) is 17.7. The van der Waals surface area contributed by atoms with Crippen LogP contribution in [0.3, 0.4) is 0 Å². The number of rotatable bonds is 5. The second-order valence-corrected chi connectivity index (χ2v) is 9.02. The third-order valence-electron chi connectivity index (χ3n) is 6.16. The molecule has 7 heteroatoms. The van der Waals surface area contributed by atoms with Gasteiger partial charge in [0.1, 0.15) is 5.82 Å². The zero-order chi connectivity index (χ0) is 21.9. The van der Waals surface area contributed by atoms with Gasteiger partial charge in [-0.3, -0.25) is 4.79 Å². The van der Waals surface area contributed by atoms with Crippen LogP contribution in [0.2, 0.25) is 0 Å². The van der Waals surface area contributed by atoms with Crippen molar-refractivity contribution in [2.45, 2.75) is 51.8 Å². The van der Waals surface area contributed by atoms with E-state index in [0.29, 0.717) is 28.5 Å². The van der Waals surface area contributed by atoms with Crippen molar-refractivity contribution in [2.24, 2.45) is 5.92 Å². The number of hydrogen-bond acceptors (Lipinski definition) is 5. The average molecular weight is 421 g/mol. The van der Waals surface area contributed by atoms with Gasteiger partial charge in [-0.1, -0.05) is 18.2 Å². The van der Waals surface area contributed by atoms with E-state index in [1.807, 2.05) is 24.3 Å². The fourth-order valence-corrected chi connectivity index (χ4v) is 4.70. The van der Waals surface area contributed by atoms with Crippen molar-refractivity contribution in [3.05, 3.63) is 59.2 Å². The van der Waals surface area contributed by atoms with Gasteiger partial charge in [0, 0.05) is 18.1 Å². The van der Waals surface area contributed by atoms with Crippen molar-refractivity contribution in [3.63, 3.8) is 0 Å². The molecule has 1 saturated carbocycles. The van der Waals surface area contributed by atoms with Crippen molar-refractivity contribution in [2.75, 3.05) is 0 Å². The van der Waals surface area contributed by atoms with Crippen LogP contribution in [0.15, 0.2) is 40.8 Å². The minimum atomic E-state index is -1.06. The van der Waals surface area contributed by atoms with E-state index in [1.54, 1.807) is 31.7 Å². The maximum absolute atomic E-state index is 14.7. The number of amides is 1. The van der Waals surface area contributed by atoms with Crippen molar-refractivity contribution >= 4 is 5.91 Å². The predicted octanol–water partition coefficient (Wildman–Crippen LogP) is 4.36. The first-order valence-electron chi connectivity index (χ1n) is 10.5. The first-order valence-corrected chi connectivity index (χ1v) is 10.5. The van der Waals surface area contributed by atoms with Crippen LogP contribution in [0.1, 0.15) is 48.5 Å². The molecule has 1 amide bonds. The highest BCUT2D eigenvalue weighted by atomic mass is 19.1. The molecule has 2 aliphatic rings. The van der Waals surface area contributed by atoms with Gasteiger partial charge >= 0.3 is 0 Å². The number of aryl methyl sites for hydroxylation is 1. The van der Waals surface area contributed by atoms with Crippen LogP contribution < -0.4 is 0 Å². The number of fused-ring (bicyclic) bond motifs is 1. The van der Waals surface area contributed by atoms with Crippen LogP contribution in [0.4, 0.5) is 4.39 Å². The van der Waals surface area contributed by atoms with E-state index in [9.17, 15) is 14.3 Å². The van der Waals surface area contributed by atoms with Crippen molar-refractivity contribution < 1.29 is 18.7 Å². The highest BCUT2D eigenvalue weighted by molar-refractivity contribution is 6.05. The summed E-state index contributed by atoms with van der Waals surface area (Å²) in [6.07, 6.45) is 1.95. The lowest BCUT2D eigenvalue weighted by molar-refractivity contribution is -0.0225. The maximum atomic E-state index is 14.7. The topological polar surface area (TPSA) is 79.5 Å². The molecule has 2 heterocycles. The summed E-state index contributed by atoms with van der Waals surface area (Å²) in [7, 11) is 0. The normalized spacial score (nSPS) is 17.2. The van der Waals surface area contributed by atoms with Crippen molar-refractivity contribution in [1.29, 1.82) is 0 Å². The van der Waals surface area contributed by atoms with Gasteiger partial charge in [0.25, 0.3) is 5.91 Å². The van der Waals surface area contributed by atoms with Gasteiger partial charge in [0.2, 0.25) is 11.8 Å². The third kappa shape index (κ3) is 3.43. The van der Waals surface area contributed by atoms with Gasteiger partial charge < -0.3 is 14.4 Å². The fourth-order valence-electron chi connectivity index (χ4n) is 4.70. The molecule has 1 aliphatic heterocycles. The molecule has 31 heavy (non-hydrogen) atoms. The molecule has 0 radical (unpaired) electrons. The molecule has 1 fully saturated rings. The molecule has 1 unspecified atom stereocenters. The number of carbonyl (C=O) groups excluding carboxylic acids is 1. The van der Waals surface area contributed by atoms with E-state index in [0.717, 1.165) is 24.0 Å². The lowest BCUT2D eigenvalue weighted by Crippen LogP contribution is -2.51. The number of aliphatic hydroxyl groups is 1. The SMILES string of the molecule is Cc1nnc(-c2ccc(-c3ccc(F)c4c3C(=O)N(C(C3CC3)C(C)(C)O)C4)cc2)o1. The Hall–Kier alpha value is -3.06. The quantitative estimate of drug-likeness (QED) is 0.662. The van der Waals surface area contributed by atoms with Gasteiger partial charge in [-0.05, 0) is 61.9 Å². The van der Waals surface area contributed by atoms with Crippen LogP contribution in [0, 0.1) is 18.7 Å². The summed E-state index contributed by atoms with van der Waals surface area (Å²) in [6, 6.07) is 10.2. The van der Waals surface area contributed by atoms with E-state index in [1.165, 1.54) is 6.07 Å². The first-order chi connectivity index (χ1) is 14.7. The largest absolute Gasteiger partial charge is 0.421 e. The summed E-state index contributed by atoms with van der Waals surface area (Å²) in [5, 5.41) is 18.6. The number of nitrogens with zero attached hydrogens (tertiary/aromatic N) is 3. The molecule has 6 nitrogen and oxygen atoms in total. The standard InChI is InChI=1S/C24H24FN3O3/c1-13-26-27-22(31-13)16-8-4-14(5-9-16)17-10-11-19(25)18-12-28(23(29)20(17)18)21(15-6-7-15)24(2,3)30/h4-5,8-11,15,21,30H,6-7,12H2,1-3H3. The Kier molecular flexibility index (Phi) is 4.48. The fraction of sp³-hybridized carbons (Fsp3) is 0.375. The number of carbonyl (C=O) groups is 1. The van der Waals surface area contributed by atoms with Gasteiger partial charge in [0.15, 0.2) is 0 Å². The van der Waals surface area contributed by atoms with E-state index in [4.69, 9.17) is 4.42 Å². The minimum absolute atomic E-state index is 0.179. The van der Waals surface area contributed by atoms with E-state index >= 15 is 0 Å². The smallest absolute Gasteiger partial charge is 0.255 e. The minimum Gasteiger partial charge on any atom is -0.421 e. The molecule has 0 spiro atoms. The van der Waals surface area contributed by atoms with E-state index in [-0.39, 0.29) is 24.4 Å². The van der Waals surface area contributed by atoms with Gasteiger partial charge in [-0.15, -0.1) is 10.2 Å². The Labute approximate surface area is 179 Å². The number of halogens is 1. The molecule has 1 aliphatic carbocycles. The number of hydrogen-bond donors (Lipinski definition) is 1. The van der Waals surface area contributed by atoms with Crippen LogP contribution in [-0.2, 0) is 6.54 Å². The molecule has 0 bridgehead atoms. The van der Waals surface area contributed by atoms with Crippen LogP contribution >= 0.6 is 0 Å². The summed E-state index contributed by atoms with van der Waals surface area (Å²) in [5.74, 6) is 0.547. The molecule has 1 N–H and O–H groups in total. The molecular formula is C24H24FN3O3. The van der Waals surface area contributed by atoms with Gasteiger partial charge in [-0.25, -0.2) is 4.39 Å². The molecule has 2 aromatic carbocycles. The molecule has 1 aromatic heterocycles. The summed E-state index contributed by atoms with van der Waals surface area (Å²) < 4.78 is 20.2. The Morgan fingerprint density at radius 2 is 1.81 bits per heavy atom. The molecule has 0 saturated heterocycles. The predicted molar refractivity (Wildman–Crippen MR) is 113 cm³/mol. The Bertz CT molecular complexity index is 1160. The maximum Gasteiger partial charge on any atom is 0.255 e. The summed E-state index contributed by atoms with van der Waals surface area (Å²) in [4.78, 5) is 15.1. The molecule has 1 atom stereocenters. The third-order valence-corrected chi connectivity index (χ3v) is 6.16. The van der Waals surface area contributed by atoms with E-state index < -0.39 is 11.4 Å². The second kappa shape index (κ2) is 6.99. The lowest BCUT2D eigenvalue weighted by atomic mass is 9.92. The molecule has 3 aromatic rings. The Morgan fingerprint density at radius 1 is 1.13 bits per heavy atom. The summed E-state index contributed by atoms with van der Waals surface area (Å²) >= 11 is 0. The number of aromatic nitrogens is 2. The van der Waals surface area contributed by atoms with E-state index in [2.05, 4.69) is 10.2 Å². The molecular weight excluding hydrogens is 397 g/mol. The Morgan fingerprint density at radius 3 is 2.39 bits per heavy atom. The van der Waals surface area contributed by atoms with Crippen molar-refractivity contribution in [3.8, 4) is 22.6 Å². The molecule has 5 rings (SSSR count). The van der Waals surface area contributed by atoms with Crippen LogP contribution in [0.25, 0.3) is 22.6 Å². The Balaban J connectivity index is 1.53. The highest BCUT2D eigenvalue weighted by Crippen LogP contribution is 2.44. The zero-order valence-electron chi connectivity index (χ0n) is 17.7. The first kappa shape index (κ1) is 19.9. The summed E-state index contributed by atoms with van der Waals surface area (Å²) in [6.45, 7) is 5.36. The highest BCUT2D eigenvalue weighted by Gasteiger charge is 2.48. The molecule has 160 valence electrons. The number of benzene rings is 2. The second-order valence-electron chi connectivity index (χ2n) is 9.02. The van der Waals surface area contributed by atoms with Crippen LogP contribution in [-0.4, -0.2) is 37.8 Å². The van der Waals surface area contributed by atoms with Gasteiger partial charge in [0.05, 0.1) is 23.8 Å². The van der Waals surface area contributed by atoms with Crippen molar-refractivity contribution in [1.82, 2.24) is 15.1 Å². The monoisotopic (exact) mass is 421 g/mol. The summed E-state index contributed by atoms with van der Waals surface area (Å²) in [5.41, 5.74) is 1.98. The van der Waals surface area contributed by atoms with Crippen LogP contribution in [0.5, 0.6) is 0 Å². The average Bonchev–Trinajstić information content (AvgIpc) is 3.36. The van der Waals surface area contributed by atoms with Gasteiger partial charge in [-0.2, -0.15) is 0 Å². The lowest BCUT2D eigenvalue weighted by Gasteiger charge is -2.37.